The fourth-order valence-corrected chi connectivity index (χ4v) is 1.96. The second-order valence-corrected chi connectivity index (χ2v) is 4.31. The molecule has 0 aromatic heterocycles. The molecule has 0 spiro atoms. The molecule has 19 heavy (non-hydrogen) atoms. The lowest BCUT2D eigenvalue weighted by Gasteiger charge is -2.17. The van der Waals surface area contributed by atoms with E-state index in [-0.39, 0.29) is 12.4 Å². The number of anilines is 1. The molecule has 0 aliphatic heterocycles. The Morgan fingerprint density at radius 3 is 2.47 bits per heavy atom. The number of hydrogen-bond acceptors (Lipinski definition) is 1. The molecule has 2 aromatic carbocycles. The topological polar surface area (TPSA) is 40.5 Å². The maximum atomic E-state index is 11.1. The lowest BCUT2D eigenvalue weighted by atomic mass is 10.0. The fraction of sp³-hybridized carbons (Fsp3) is 0.0714. The zero-order valence-corrected chi connectivity index (χ0v) is 11.8. The van der Waals surface area contributed by atoms with Crippen molar-refractivity contribution in [1.82, 2.24) is 0 Å². The molecule has 2 aromatic rings. The van der Waals surface area contributed by atoms with Crippen LogP contribution in [0.2, 0.25) is 5.02 Å². The smallest absolute Gasteiger partial charge is 0.411 e. The lowest BCUT2D eigenvalue weighted by Crippen LogP contribution is -2.24. The highest BCUT2D eigenvalue weighted by Gasteiger charge is 2.13. The number of para-hydroxylation sites is 1. The van der Waals surface area contributed by atoms with E-state index in [0.717, 1.165) is 11.1 Å². The van der Waals surface area contributed by atoms with Gasteiger partial charge in [0.2, 0.25) is 0 Å². The predicted molar refractivity (Wildman–Crippen MR) is 80.6 cm³/mol. The zero-order valence-electron chi connectivity index (χ0n) is 10.2. The van der Waals surface area contributed by atoms with Crippen LogP contribution in [0.25, 0.3) is 11.1 Å². The maximum Gasteiger partial charge on any atom is 0.411 e. The minimum absolute atomic E-state index is 0. The monoisotopic (exact) mass is 297 g/mol. The molecule has 0 fully saturated rings. The van der Waals surface area contributed by atoms with Crippen molar-refractivity contribution in [2.45, 2.75) is 0 Å². The van der Waals surface area contributed by atoms with E-state index in [4.69, 9.17) is 16.7 Å². The average molecular weight is 298 g/mol. The summed E-state index contributed by atoms with van der Waals surface area (Å²) in [5, 5.41) is 9.69. The minimum Gasteiger partial charge on any atom is -0.465 e. The van der Waals surface area contributed by atoms with Gasteiger partial charge in [0.1, 0.15) is 0 Å². The molecular weight excluding hydrogens is 285 g/mol. The van der Waals surface area contributed by atoms with Gasteiger partial charge in [0.25, 0.3) is 0 Å². The SMILES string of the molecule is CN(C(=O)O)c1ccccc1-c1cccc(Cl)c1.Cl. The molecule has 100 valence electrons. The van der Waals surface area contributed by atoms with Gasteiger partial charge >= 0.3 is 6.09 Å². The number of amides is 1. The molecule has 1 amide bonds. The third kappa shape index (κ3) is 3.40. The molecule has 0 atom stereocenters. The van der Waals surface area contributed by atoms with Crippen LogP contribution in [0.4, 0.5) is 10.5 Å². The molecular formula is C14H13Cl2NO2. The van der Waals surface area contributed by atoms with E-state index >= 15 is 0 Å². The summed E-state index contributed by atoms with van der Waals surface area (Å²) in [6.45, 7) is 0. The van der Waals surface area contributed by atoms with E-state index in [1.165, 1.54) is 11.9 Å². The molecule has 3 nitrogen and oxygen atoms in total. The van der Waals surface area contributed by atoms with Gasteiger partial charge in [0.15, 0.2) is 0 Å². The van der Waals surface area contributed by atoms with Crippen LogP contribution in [0.15, 0.2) is 48.5 Å². The lowest BCUT2D eigenvalue weighted by molar-refractivity contribution is 0.203. The number of carbonyl (C=O) groups is 1. The van der Waals surface area contributed by atoms with Crippen LogP contribution in [0.3, 0.4) is 0 Å². The first-order valence-corrected chi connectivity index (χ1v) is 5.79. The summed E-state index contributed by atoms with van der Waals surface area (Å²) in [6, 6.07) is 14.7. The Hall–Kier alpha value is -1.71. The van der Waals surface area contributed by atoms with Gasteiger partial charge in [-0.1, -0.05) is 41.9 Å². The number of carboxylic acid groups (broad SMARTS) is 1. The van der Waals surface area contributed by atoms with E-state index in [2.05, 4.69) is 0 Å². The normalized spacial score (nSPS) is 9.58. The van der Waals surface area contributed by atoms with Crippen LogP contribution in [-0.4, -0.2) is 18.2 Å². The van der Waals surface area contributed by atoms with Crippen LogP contribution >= 0.6 is 24.0 Å². The van der Waals surface area contributed by atoms with Gasteiger partial charge in [-0.3, -0.25) is 4.90 Å². The molecule has 0 aliphatic carbocycles. The van der Waals surface area contributed by atoms with Crippen molar-refractivity contribution in [1.29, 1.82) is 0 Å². The summed E-state index contributed by atoms with van der Waals surface area (Å²) in [4.78, 5) is 12.2. The standard InChI is InChI=1S/C14H12ClNO2.ClH/c1-16(14(17)18)13-8-3-2-7-12(13)10-5-4-6-11(15)9-10;/h2-9H,1H3,(H,17,18);1H. The molecule has 0 heterocycles. The Bertz CT molecular complexity index is 587. The molecule has 0 radical (unpaired) electrons. The zero-order chi connectivity index (χ0) is 13.1. The first-order chi connectivity index (χ1) is 8.59. The summed E-state index contributed by atoms with van der Waals surface area (Å²) in [5.41, 5.74) is 2.36. The molecule has 0 bridgehead atoms. The molecule has 0 saturated carbocycles. The highest BCUT2D eigenvalue weighted by molar-refractivity contribution is 6.30. The Labute approximate surface area is 122 Å². The highest BCUT2D eigenvalue weighted by atomic mass is 35.5. The van der Waals surface area contributed by atoms with Crippen LogP contribution < -0.4 is 4.90 Å². The van der Waals surface area contributed by atoms with Crippen LogP contribution in [0, 0.1) is 0 Å². The van der Waals surface area contributed by atoms with Crippen molar-refractivity contribution in [3.05, 3.63) is 53.6 Å². The van der Waals surface area contributed by atoms with Gasteiger partial charge in [0, 0.05) is 17.6 Å². The fourth-order valence-electron chi connectivity index (χ4n) is 1.77. The average Bonchev–Trinajstić information content (AvgIpc) is 2.38. The largest absolute Gasteiger partial charge is 0.465 e. The van der Waals surface area contributed by atoms with Crippen molar-refractivity contribution >= 4 is 35.8 Å². The molecule has 0 unspecified atom stereocenters. The highest BCUT2D eigenvalue weighted by Crippen LogP contribution is 2.31. The molecule has 1 N–H and O–H groups in total. The van der Waals surface area contributed by atoms with Gasteiger partial charge in [-0.05, 0) is 23.8 Å². The van der Waals surface area contributed by atoms with Crippen LogP contribution in [-0.2, 0) is 0 Å². The van der Waals surface area contributed by atoms with Crippen molar-refractivity contribution in [3.63, 3.8) is 0 Å². The van der Waals surface area contributed by atoms with Gasteiger partial charge < -0.3 is 5.11 Å². The van der Waals surface area contributed by atoms with Gasteiger partial charge in [-0.15, -0.1) is 12.4 Å². The van der Waals surface area contributed by atoms with Crippen LogP contribution in [0.1, 0.15) is 0 Å². The van der Waals surface area contributed by atoms with E-state index in [1.807, 2.05) is 36.4 Å². The second-order valence-electron chi connectivity index (χ2n) is 3.87. The van der Waals surface area contributed by atoms with Crippen molar-refractivity contribution < 1.29 is 9.90 Å². The van der Waals surface area contributed by atoms with Crippen molar-refractivity contribution in [2.75, 3.05) is 11.9 Å². The third-order valence-corrected chi connectivity index (χ3v) is 2.92. The Kier molecular flexibility index (Phi) is 5.21. The first kappa shape index (κ1) is 15.3. The number of halogens is 2. The summed E-state index contributed by atoms with van der Waals surface area (Å²) in [6.07, 6.45) is -0.996. The van der Waals surface area contributed by atoms with E-state index in [0.29, 0.717) is 10.7 Å². The number of benzene rings is 2. The molecule has 0 aliphatic rings. The predicted octanol–water partition coefficient (Wildman–Crippen LogP) is 4.54. The number of nitrogens with zero attached hydrogens (tertiary/aromatic N) is 1. The summed E-state index contributed by atoms with van der Waals surface area (Å²) < 4.78 is 0. The van der Waals surface area contributed by atoms with Gasteiger partial charge in [-0.25, -0.2) is 4.79 Å². The number of rotatable bonds is 2. The van der Waals surface area contributed by atoms with Gasteiger partial charge in [-0.2, -0.15) is 0 Å². The van der Waals surface area contributed by atoms with E-state index in [1.54, 1.807) is 12.1 Å². The van der Waals surface area contributed by atoms with Crippen molar-refractivity contribution in [2.24, 2.45) is 0 Å². The van der Waals surface area contributed by atoms with Gasteiger partial charge in [0.05, 0.1) is 5.69 Å². The Balaban J connectivity index is 0.00000180. The number of hydrogen-bond donors (Lipinski definition) is 1. The summed E-state index contributed by atoms with van der Waals surface area (Å²) in [7, 11) is 1.52. The van der Waals surface area contributed by atoms with E-state index < -0.39 is 6.09 Å². The summed E-state index contributed by atoms with van der Waals surface area (Å²) in [5.74, 6) is 0. The first-order valence-electron chi connectivity index (χ1n) is 5.41. The van der Waals surface area contributed by atoms with Crippen molar-refractivity contribution in [3.8, 4) is 11.1 Å². The second kappa shape index (κ2) is 6.45. The quantitative estimate of drug-likeness (QED) is 0.884. The summed E-state index contributed by atoms with van der Waals surface area (Å²) >= 11 is 5.96. The maximum absolute atomic E-state index is 11.1. The molecule has 5 heteroatoms. The third-order valence-electron chi connectivity index (χ3n) is 2.69. The Morgan fingerprint density at radius 1 is 1.16 bits per heavy atom. The minimum atomic E-state index is -0.996. The van der Waals surface area contributed by atoms with E-state index in [9.17, 15) is 4.79 Å². The molecule has 2 rings (SSSR count). The van der Waals surface area contributed by atoms with Crippen LogP contribution in [0.5, 0.6) is 0 Å². The molecule has 0 saturated heterocycles. The Morgan fingerprint density at radius 2 is 1.84 bits per heavy atom.